The summed E-state index contributed by atoms with van der Waals surface area (Å²) in [6, 6.07) is 26.9. The predicted octanol–water partition coefficient (Wildman–Crippen LogP) is 8.98. The lowest BCUT2D eigenvalue weighted by atomic mass is 9.89. The molecule has 32 heteroatoms. The number of thioether (sulfide) groups is 2. The van der Waals surface area contributed by atoms with Crippen molar-refractivity contribution in [1.29, 1.82) is 0 Å². The molecule has 2 unspecified atom stereocenters. The molecule has 13 rings (SSSR count). The van der Waals surface area contributed by atoms with E-state index < -0.39 is 69.7 Å². The smallest absolute Gasteiger partial charge is 0.410 e. The molecule has 0 bridgehead atoms. The molecule has 6 fully saturated rings. The maximum Gasteiger partial charge on any atom is 0.410 e. The summed E-state index contributed by atoms with van der Waals surface area (Å²) in [5.74, 6) is -1.33. The number of para-hydroxylation sites is 1. The van der Waals surface area contributed by atoms with Gasteiger partial charge in [-0.3, -0.25) is 38.8 Å². The number of fused-ring (bicyclic) bond motifs is 2. The average molecular weight is 1560 g/mol. The molecule has 6 atom stereocenters. The summed E-state index contributed by atoms with van der Waals surface area (Å²) in [5.41, 5.74) is 9.24. The number of nitrogens with zero attached hydrogens (tertiary/aromatic N) is 10. The number of phenols is 1. The summed E-state index contributed by atoms with van der Waals surface area (Å²) in [4.78, 5) is 146. The Labute approximate surface area is 648 Å². The molecular formula is C78H87N11O18S3. The van der Waals surface area contributed by atoms with Gasteiger partial charge in [0.15, 0.2) is 22.7 Å². The number of rotatable bonds is 22. The summed E-state index contributed by atoms with van der Waals surface area (Å²) in [6.45, 7) is 13.5. The molecule has 4 aromatic carbocycles. The van der Waals surface area contributed by atoms with E-state index in [1.807, 2.05) is 41.5 Å². The number of hydrogen-bond donors (Lipinski definition) is 2. The van der Waals surface area contributed by atoms with Gasteiger partial charge in [-0.05, 0) is 156 Å². The number of methoxy groups -OCH3 is 3. The lowest BCUT2D eigenvalue weighted by Crippen LogP contribution is -2.64. The fourth-order valence-electron chi connectivity index (χ4n) is 13.6. The number of aromatic nitrogens is 2. The number of amides is 6. The standard InChI is InChI=1S/C42H47N7O10S2.C36H40N4O8S/c1-42(2,3)59-41(54)47-16-15-28(20-47)48-17-14-26(36(48)51)18-27-23-60-38-31(37(52)49(38)34(27)39(53)57-21-24-6-10-29(55-4)11-7-24)19-32(50)33(35-44-40(43)61-46-35)45-58-22-25-8-12-30(56-5)13-9-25;1-36(2,3)48-35(45)38-15-14-26(19-38)39-16-13-23(31(39)42)17-25-21-49-33-29(37-18-24-7-5-6-8-28(24)41)32(43)40(33)30(25)34(44)47-20-22-9-11-27(46-4)12-10-22/h6-13,18,28,31,38H,14-17,19-23H2,1-5H3,(H2,43,44,46);5-12,17-18,26,29,33,41H,13-16,19-21H2,1-4H3/b26-18+,45-33+;23-17+,37-18?/t28?,31-,38-;26?,29-,33-/m11/s1. The molecule has 110 heavy (non-hydrogen) atoms. The zero-order valence-corrected chi connectivity index (χ0v) is 64.9. The number of carbonyl (C=O) groups is 9. The molecule has 1 aromatic heterocycles. The Morgan fingerprint density at radius 1 is 0.609 bits per heavy atom. The Morgan fingerprint density at radius 2 is 1.07 bits per heavy atom. The molecule has 8 aliphatic heterocycles. The summed E-state index contributed by atoms with van der Waals surface area (Å²) in [5, 5.41) is 13.3. The second-order valence-electron chi connectivity index (χ2n) is 29.0. The lowest BCUT2D eigenvalue weighted by Gasteiger charge is -2.49. The number of allylic oxidation sites excluding steroid dienone is 2. The van der Waals surface area contributed by atoms with Crippen LogP contribution < -0.4 is 19.9 Å². The van der Waals surface area contributed by atoms with Gasteiger partial charge < -0.3 is 68.4 Å². The van der Waals surface area contributed by atoms with Crippen molar-refractivity contribution < 1.29 is 86.3 Å². The number of anilines is 1. The largest absolute Gasteiger partial charge is 0.507 e. The fraction of sp³-hybridized carbons (Fsp3) is 0.423. The predicted molar refractivity (Wildman–Crippen MR) is 408 cm³/mol. The van der Waals surface area contributed by atoms with Crippen LogP contribution in [0.4, 0.5) is 14.7 Å². The maximum atomic E-state index is 14.1. The number of ether oxygens (including phenoxy) is 7. The highest BCUT2D eigenvalue weighted by Crippen LogP contribution is 2.47. The van der Waals surface area contributed by atoms with Crippen molar-refractivity contribution in [3.05, 3.63) is 171 Å². The molecule has 0 aliphatic carbocycles. The van der Waals surface area contributed by atoms with E-state index in [0.29, 0.717) is 121 Å². The molecule has 9 heterocycles. The van der Waals surface area contributed by atoms with Crippen molar-refractivity contribution in [3.63, 3.8) is 0 Å². The van der Waals surface area contributed by atoms with E-state index >= 15 is 0 Å². The summed E-state index contributed by atoms with van der Waals surface area (Å²) in [7, 11) is 4.69. The van der Waals surface area contributed by atoms with Crippen LogP contribution in [-0.2, 0) is 77.2 Å². The number of aliphatic imine (C=N–C) groups is 1. The monoisotopic (exact) mass is 1560 g/mol. The van der Waals surface area contributed by atoms with E-state index in [9.17, 15) is 48.3 Å². The highest BCUT2D eigenvalue weighted by atomic mass is 32.2. The molecule has 0 saturated carbocycles. The first kappa shape index (κ1) is 78.8. The van der Waals surface area contributed by atoms with Crippen molar-refractivity contribution in [2.75, 3.05) is 77.8 Å². The topological polar surface area (TPSA) is 344 Å². The van der Waals surface area contributed by atoms with Gasteiger partial charge in [-0.15, -0.1) is 23.5 Å². The van der Waals surface area contributed by atoms with Crippen LogP contribution in [0.1, 0.15) is 102 Å². The molecule has 0 spiro atoms. The molecule has 580 valence electrons. The number of nitrogens with two attached hydrogens (primary N) is 1. The second kappa shape index (κ2) is 34.0. The van der Waals surface area contributed by atoms with Crippen molar-refractivity contribution in [2.24, 2.45) is 16.1 Å². The molecule has 0 radical (unpaired) electrons. The van der Waals surface area contributed by atoms with Gasteiger partial charge in [0.05, 0.1) is 44.7 Å². The summed E-state index contributed by atoms with van der Waals surface area (Å²) in [6.07, 6.45) is 5.94. The SMILES string of the molecule is COc1ccc(CO/N=C(\C(=O)C[C@@H]2C(=O)N3C(C(=O)OCc4ccc(OC)cc4)=C(/C=C4\CCN(C5CCN(C(=O)OC(C)(C)C)C5)C4=O)CS[C@H]23)c2nsc(N)n2)cc1.COc1ccc(COC(=O)C2=C(/C=C3\CCN(C4CCN(C(=O)OC(C)(C)C)C4)C3=O)CS[C@@H]3[C@H](N=Cc4ccccc4O)C(=O)N23)cc1. The number of hydrogen-bond acceptors (Lipinski definition) is 26. The number of benzene rings is 4. The highest BCUT2D eigenvalue weighted by Gasteiger charge is 2.56. The van der Waals surface area contributed by atoms with E-state index in [0.717, 1.165) is 22.7 Å². The minimum absolute atomic E-state index is 0.0204. The van der Waals surface area contributed by atoms with E-state index in [2.05, 4.69) is 19.5 Å². The number of Topliss-reactive ketones (excluding diaryl/α,β-unsaturated/α-hetero) is 1. The van der Waals surface area contributed by atoms with Crippen LogP contribution in [0.5, 0.6) is 23.0 Å². The van der Waals surface area contributed by atoms with Crippen LogP contribution in [0.15, 0.2) is 153 Å². The van der Waals surface area contributed by atoms with E-state index in [1.165, 1.54) is 39.5 Å². The first-order chi connectivity index (χ1) is 52.6. The third kappa shape index (κ3) is 18.2. The van der Waals surface area contributed by atoms with Gasteiger partial charge in [0, 0.05) is 91.7 Å². The van der Waals surface area contributed by atoms with Crippen molar-refractivity contribution in [2.45, 2.75) is 134 Å². The minimum Gasteiger partial charge on any atom is -0.507 e. The number of β-lactam (4-membered cyclic amide) rings is 2. The quantitative estimate of drug-likeness (QED) is 0.0163. The third-order valence-electron chi connectivity index (χ3n) is 19.2. The van der Waals surface area contributed by atoms with Gasteiger partial charge in [0.2, 0.25) is 23.5 Å². The van der Waals surface area contributed by atoms with Gasteiger partial charge in [0.25, 0.3) is 5.91 Å². The van der Waals surface area contributed by atoms with Crippen LogP contribution >= 0.6 is 35.1 Å². The van der Waals surface area contributed by atoms with E-state index in [4.69, 9.17) is 43.7 Å². The molecule has 3 N–H and O–H groups in total. The summed E-state index contributed by atoms with van der Waals surface area (Å²) >= 11 is 3.72. The van der Waals surface area contributed by atoms with Crippen molar-refractivity contribution >= 4 is 106 Å². The fourth-order valence-corrected chi connectivity index (χ4v) is 16.7. The number of likely N-dealkylation sites (tertiary alicyclic amines) is 4. The Bertz CT molecular complexity index is 4570. The second-order valence-corrected chi connectivity index (χ2v) is 32.0. The molecule has 29 nitrogen and oxygen atoms in total. The average Bonchev–Trinajstić information content (AvgIpc) is 0.916. The zero-order chi connectivity index (χ0) is 78.3. The Balaban J connectivity index is 0.000000210. The van der Waals surface area contributed by atoms with E-state index in [1.54, 1.807) is 150 Å². The molecular weight excluding hydrogens is 1480 g/mol. The first-order valence-corrected chi connectivity index (χ1v) is 38.7. The molecule has 8 aliphatic rings. The lowest BCUT2D eigenvalue weighted by molar-refractivity contribution is -0.155. The van der Waals surface area contributed by atoms with Crippen LogP contribution in [0.3, 0.4) is 0 Å². The van der Waals surface area contributed by atoms with Gasteiger partial charge in [-0.25, -0.2) is 19.2 Å². The van der Waals surface area contributed by atoms with Gasteiger partial charge in [-0.1, -0.05) is 53.7 Å². The normalized spacial score (nSPS) is 22.1. The molecule has 6 amide bonds. The molecule has 5 aromatic rings. The van der Waals surface area contributed by atoms with E-state index in [-0.39, 0.29) is 95.6 Å². The number of ketones is 1. The number of phenolic OH excluding ortho intramolecular Hbond substituents is 1. The van der Waals surface area contributed by atoms with Gasteiger partial charge in [0.1, 0.15) is 70.8 Å². The number of esters is 2. The number of carbonyl (C=O) groups excluding carboxylic acids is 9. The van der Waals surface area contributed by atoms with Crippen LogP contribution in [0, 0.1) is 5.92 Å². The minimum atomic E-state index is -0.822. The van der Waals surface area contributed by atoms with Crippen LogP contribution in [-0.4, -0.2) is 222 Å². The highest BCUT2D eigenvalue weighted by molar-refractivity contribution is 8.00. The Morgan fingerprint density at radius 3 is 1.53 bits per heavy atom. The zero-order valence-electron chi connectivity index (χ0n) is 62.4. The molecule has 6 saturated heterocycles. The Kier molecular flexibility index (Phi) is 24.4. The van der Waals surface area contributed by atoms with Crippen LogP contribution in [0.25, 0.3) is 0 Å². The number of oxime groups is 1. The number of nitrogen functional groups attached to an aromatic ring is 1. The van der Waals surface area contributed by atoms with Crippen molar-refractivity contribution in [1.82, 2.24) is 38.8 Å². The Hall–Kier alpha value is -10.7. The summed E-state index contributed by atoms with van der Waals surface area (Å²) < 4.78 is 42.4. The van der Waals surface area contributed by atoms with Gasteiger partial charge in [-0.2, -0.15) is 9.36 Å². The first-order valence-electron chi connectivity index (χ1n) is 35.9. The van der Waals surface area contributed by atoms with Gasteiger partial charge >= 0.3 is 24.1 Å². The van der Waals surface area contributed by atoms with Crippen molar-refractivity contribution in [3.8, 4) is 23.0 Å². The maximum absolute atomic E-state index is 14.1. The third-order valence-corrected chi connectivity index (χ3v) is 22.4. The number of aromatic hydroxyl groups is 1. The van der Waals surface area contributed by atoms with Crippen LogP contribution in [0.2, 0.25) is 0 Å².